The molecular weight excluding hydrogens is 464 g/mol. The van der Waals surface area contributed by atoms with E-state index in [1.54, 1.807) is 24.3 Å². The highest BCUT2D eigenvalue weighted by Crippen LogP contribution is 2.25. The van der Waals surface area contributed by atoms with Crippen molar-refractivity contribution in [3.8, 4) is 0 Å². The summed E-state index contributed by atoms with van der Waals surface area (Å²) >= 11 is 3.34. The van der Waals surface area contributed by atoms with Gasteiger partial charge in [-0.25, -0.2) is 8.42 Å². The van der Waals surface area contributed by atoms with Crippen molar-refractivity contribution in [2.24, 2.45) is 0 Å². The quantitative estimate of drug-likeness (QED) is 0.536. The van der Waals surface area contributed by atoms with E-state index in [1.807, 2.05) is 61.5 Å². The van der Waals surface area contributed by atoms with Crippen LogP contribution in [0.25, 0.3) is 0 Å². The van der Waals surface area contributed by atoms with Crippen LogP contribution >= 0.6 is 15.9 Å². The lowest BCUT2D eigenvalue weighted by Crippen LogP contribution is -2.42. The average molecular weight is 487 g/mol. The Kier molecular flexibility index (Phi) is 6.95. The minimum absolute atomic E-state index is 0.310. The molecule has 0 bridgehead atoms. The first-order valence-electron chi connectivity index (χ1n) is 9.39. The maximum absolute atomic E-state index is 13.0. The molecule has 0 spiro atoms. The first-order valence-corrected chi connectivity index (χ1v) is 12.0. The van der Waals surface area contributed by atoms with E-state index in [-0.39, 0.29) is 18.5 Å². The van der Waals surface area contributed by atoms with E-state index in [0.717, 1.165) is 31.7 Å². The van der Waals surface area contributed by atoms with Crippen molar-refractivity contribution >= 4 is 37.5 Å². The number of rotatable bonds is 7. The summed E-state index contributed by atoms with van der Waals surface area (Å²) in [7, 11) is -3.64. The lowest BCUT2D eigenvalue weighted by Gasteiger charge is -2.25. The number of nitrogens with zero attached hydrogens (tertiary/aromatic N) is 1. The molecule has 3 aromatic rings. The Balaban J connectivity index is 1.90. The highest BCUT2D eigenvalue weighted by Gasteiger charge is 2.24. The number of amides is 1. The number of hydrogen-bond acceptors (Lipinski definition) is 3. The highest BCUT2D eigenvalue weighted by atomic mass is 79.9. The second kappa shape index (κ2) is 9.45. The number of hydrogen-bond donors (Lipinski definition) is 1. The molecule has 0 aromatic heterocycles. The third kappa shape index (κ3) is 5.49. The highest BCUT2D eigenvalue weighted by molar-refractivity contribution is 9.10. The number of carbonyl (C=O) groups is 1. The monoisotopic (exact) mass is 486 g/mol. The molecule has 30 heavy (non-hydrogen) atoms. The Morgan fingerprint density at radius 3 is 2.17 bits per heavy atom. The number of nitrogens with one attached hydrogen (secondary N) is 1. The summed E-state index contributed by atoms with van der Waals surface area (Å²) in [6.07, 6.45) is 1.10. The van der Waals surface area contributed by atoms with E-state index >= 15 is 0 Å². The smallest absolute Gasteiger partial charge is 0.241 e. The minimum atomic E-state index is -3.64. The SMILES string of the molecule is Cc1ccccc1C(NC(=O)CN(c1ccc(Br)cc1)S(C)(=O)=O)c1ccccc1. The molecule has 1 amide bonds. The molecule has 1 unspecified atom stereocenters. The fourth-order valence-corrected chi connectivity index (χ4v) is 4.36. The molecule has 0 aliphatic heterocycles. The van der Waals surface area contributed by atoms with Gasteiger partial charge in [0, 0.05) is 4.47 Å². The van der Waals surface area contributed by atoms with Gasteiger partial charge in [-0.15, -0.1) is 0 Å². The summed E-state index contributed by atoms with van der Waals surface area (Å²) < 4.78 is 26.7. The van der Waals surface area contributed by atoms with Gasteiger partial charge >= 0.3 is 0 Å². The van der Waals surface area contributed by atoms with Crippen molar-refractivity contribution in [3.63, 3.8) is 0 Å². The predicted molar refractivity (Wildman–Crippen MR) is 124 cm³/mol. The van der Waals surface area contributed by atoms with Gasteiger partial charge in [-0.05, 0) is 47.9 Å². The number of carbonyl (C=O) groups excluding carboxylic acids is 1. The summed E-state index contributed by atoms with van der Waals surface area (Å²) in [6, 6.07) is 23.9. The molecule has 0 aliphatic rings. The fraction of sp³-hybridized carbons (Fsp3) is 0.174. The van der Waals surface area contributed by atoms with Crippen LogP contribution in [0.4, 0.5) is 5.69 Å². The van der Waals surface area contributed by atoms with Crippen LogP contribution < -0.4 is 9.62 Å². The van der Waals surface area contributed by atoms with Crippen molar-refractivity contribution in [1.82, 2.24) is 5.32 Å². The number of halogens is 1. The molecule has 5 nitrogen and oxygen atoms in total. The van der Waals surface area contributed by atoms with Crippen molar-refractivity contribution < 1.29 is 13.2 Å². The van der Waals surface area contributed by atoms with Crippen LogP contribution in [0.3, 0.4) is 0 Å². The van der Waals surface area contributed by atoms with Crippen LogP contribution in [0.1, 0.15) is 22.7 Å². The molecule has 1 atom stereocenters. The Labute approximate surface area is 185 Å². The zero-order valence-corrected chi connectivity index (χ0v) is 19.2. The van der Waals surface area contributed by atoms with Crippen LogP contribution in [0.2, 0.25) is 0 Å². The van der Waals surface area contributed by atoms with Gasteiger partial charge in [-0.3, -0.25) is 9.10 Å². The van der Waals surface area contributed by atoms with E-state index in [0.29, 0.717) is 5.69 Å². The van der Waals surface area contributed by atoms with Crippen LogP contribution in [-0.2, 0) is 14.8 Å². The normalized spacial score (nSPS) is 12.2. The molecule has 3 aromatic carbocycles. The molecule has 7 heteroatoms. The van der Waals surface area contributed by atoms with Crippen LogP contribution in [0, 0.1) is 6.92 Å². The second-order valence-electron chi connectivity index (χ2n) is 7.01. The van der Waals surface area contributed by atoms with Gasteiger partial charge in [0.25, 0.3) is 0 Å². The lowest BCUT2D eigenvalue weighted by molar-refractivity contribution is -0.120. The summed E-state index contributed by atoms with van der Waals surface area (Å²) in [5.74, 6) is -0.388. The zero-order chi connectivity index (χ0) is 21.7. The van der Waals surface area contributed by atoms with E-state index < -0.39 is 10.0 Å². The van der Waals surface area contributed by atoms with E-state index in [2.05, 4.69) is 21.2 Å². The van der Waals surface area contributed by atoms with Crippen LogP contribution in [0.5, 0.6) is 0 Å². The second-order valence-corrected chi connectivity index (χ2v) is 9.84. The van der Waals surface area contributed by atoms with Gasteiger partial charge in [0.2, 0.25) is 15.9 Å². The summed E-state index contributed by atoms with van der Waals surface area (Å²) in [5, 5.41) is 3.02. The van der Waals surface area contributed by atoms with Crippen molar-refractivity contribution in [2.45, 2.75) is 13.0 Å². The number of anilines is 1. The Morgan fingerprint density at radius 2 is 1.57 bits per heavy atom. The maximum Gasteiger partial charge on any atom is 0.241 e. The Morgan fingerprint density at radius 1 is 0.967 bits per heavy atom. The van der Waals surface area contributed by atoms with Gasteiger partial charge in [0.1, 0.15) is 6.54 Å². The molecule has 1 N–H and O–H groups in total. The molecular formula is C23H23BrN2O3S. The first-order chi connectivity index (χ1) is 14.3. The largest absolute Gasteiger partial charge is 0.344 e. The van der Waals surface area contributed by atoms with E-state index in [9.17, 15) is 13.2 Å². The zero-order valence-electron chi connectivity index (χ0n) is 16.7. The number of benzene rings is 3. The minimum Gasteiger partial charge on any atom is -0.344 e. The summed E-state index contributed by atoms with van der Waals surface area (Å²) in [4.78, 5) is 13.0. The fourth-order valence-electron chi connectivity index (χ4n) is 3.24. The summed E-state index contributed by atoms with van der Waals surface area (Å²) in [5.41, 5.74) is 3.36. The number of sulfonamides is 1. The van der Waals surface area contributed by atoms with Crippen molar-refractivity contribution in [1.29, 1.82) is 0 Å². The van der Waals surface area contributed by atoms with Gasteiger partial charge in [-0.2, -0.15) is 0 Å². The maximum atomic E-state index is 13.0. The standard InChI is InChI=1S/C23H23BrN2O3S/c1-17-8-6-7-11-21(17)23(18-9-4-3-5-10-18)25-22(27)16-26(30(2,28)29)20-14-12-19(24)13-15-20/h3-15,23H,16H2,1-2H3,(H,25,27). The van der Waals surface area contributed by atoms with Crippen LogP contribution in [0.15, 0.2) is 83.3 Å². The van der Waals surface area contributed by atoms with Crippen molar-refractivity contribution in [2.75, 3.05) is 17.1 Å². The van der Waals surface area contributed by atoms with Gasteiger partial charge in [0.15, 0.2) is 0 Å². The lowest BCUT2D eigenvalue weighted by atomic mass is 9.95. The third-order valence-corrected chi connectivity index (χ3v) is 6.41. The van der Waals surface area contributed by atoms with Gasteiger partial charge in [0.05, 0.1) is 18.0 Å². The van der Waals surface area contributed by atoms with Gasteiger partial charge < -0.3 is 5.32 Å². The first kappa shape index (κ1) is 22.1. The molecule has 0 saturated heterocycles. The third-order valence-electron chi connectivity index (χ3n) is 4.74. The topological polar surface area (TPSA) is 66.5 Å². The molecule has 0 aliphatic carbocycles. The molecule has 0 heterocycles. The molecule has 156 valence electrons. The number of aryl methyl sites for hydroxylation is 1. The average Bonchev–Trinajstić information content (AvgIpc) is 2.71. The van der Waals surface area contributed by atoms with Crippen molar-refractivity contribution in [3.05, 3.63) is 100 Å². The predicted octanol–water partition coefficient (Wildman–Crippen LogP) is 4.43. The van der Waals surface area contributed by atoms with Crippen LogP contribution in [-0.4, -0.2) is 27.1 Å². The summed E-state index contributed by atoms with van der Waals surface area (Å²) in [6.45, 7) is 1.68. The van der Waals surface area contributed by atoms with E-state index in [1.165, 1.54) is 0 Å². The Hall–Kier alpha value is -2.64. The Bertz CT molecular complexity index is 1120. The molecule has 0 radical (unpaired) electrons. The van der Waals surface area contributed by atoms with Gasteiger partial charge in [-0.1, -0.05) is 70.5 Å². The molecule has 0 fully saturated rings. The molecule has 3 rings (SSSR count). The molecule has 0 saturated carbocycles. The van der Waals surface area contributed by atoms with E-state index in [4.69, 9.17) is 0 Å².